The Bertz CT molecular complexity index is 2510. The van der Waals surface area contributed by atoms with E-state index in [2.05, 4.69) is 171 Å². The number of aromatic nitrogens is 2. The fraction of sp³-hybridized carbons (Fsp3) is 0.0417. The zero-order valence-corrected chi connectivity index (χ0v) is 29.1. The van der Waals surface area contributed by atoms with Crippen molar-refractivity contribution in [3.05, 3.63) is 210 Å². The van der Waals surface area contributed by atoms with Crippen LogP contribution in [0, 0.1) is 0 Å². The molecule has 2 nitrogen and oxygen atoms in total. The molecule has 0 saturated heterocycles. The van der Waals surface area contributed by atoms with Gasteiger partial charge in [0.25, 0.3) is 0 Å². The van der Waals surface area contributed by atoms with Crippen LogP contribution in [0.4, 0.5) is 0 Å². The highest BCUT2D eigenvalue weighted by Crippen LogP contribution is 2.63. The minimum absolute atomic E-state index is 0.461. The smallest absolute Gasteiger partial charge is 0.161 e. The summed E-state index contributed by atoms with van der Waals surface area (Å²) in [4.78, 5) is 13.2. The Balaban J connectivity index is 1.29. The summed E-state index contributed by atoms with van der Waals surface area (Å²) in [6, 6.07) is 56.2. The Hall–Kier alpha value is -6.03. The van der Waals surface area contributed by atoms with Crippen LogP contribution in [0.15, 0.2) is 198 Å². The molecule has 3 heteroatoms. The van der Waals surface area contributed by atoms with Crippen molar-refractivity contribution in [1.82, 2.24) is 9.97 Å². The fourth-order valence-electron chi connectivity index (χ4n) is 7.91. The molecular weight excluding hydrogens is 637 g/mol. The number of fused-ring (bicyclic) bond motifs is 7. The molecule has 0 N–H and O–H groups in total. The first-order chi connectivity index (χ1) is 25.2. The average molecular weight is 671 g/mol. The van der Waals surface area contributed by atoms with Crippen molar-refractivity contribution in [3.63, 3.8) is 0 Å². The van der Waals surface area contributed by atoms with Gasteiger partial charge in [0.1, 0.15) is 0 Å². The second-order valence-corrected chi connectivity index (χ2v) is 14.1. The Morgan fingerprint density at radius 1 is 0.549 bits per heavy atom. The van der Waals surface area contributed by atoms with Crippen LogP contribution in [-0.2, 0) is 5.41 Å². The first-order valence-corrected chi connectivity index (χ1v) is 18.1. The third kappa shape index (κ3) is 5.04. The standard InChI is InChI=1S/C48H34N2S/c1-3-4-25-44-32(2)48(40-23-13-14-26-45(40)51-44)39-22-12-11-20-37(39)46-38(21-15-24-41(46)48)47-49-42(35-18-9-6-10-19-35)31-43(50-47)36-29-27-34(28-30-36)33-16-7-5-8-17-33/h3-31H,1H2,2H3/b25-4-. The molecule has 6 aromatic carbocycles. The predicted molar refractivity (Wildman–Crippen MR) is 213 cm³/mol. The van der Waals surface area contributed by atoms with Crippen LogP contribution < -0.4 is 0 Å². The summed E-state index contributed by atoms with van der Waals surface area (Å²) in [6.45, 7) is 6.26. The van der Waals surface area contributed by atoms with Crippen LogP contribution in [0.2, 0.25) is 0 Å². The fourth-order valence-corrected chi connectivity index (χ4v) is 9.07. The lowest BCUT2D eigenvalue weighted by Gasteiger charge is -2.40. The van der Waals surface area contributed by atoms with Gasteiger partial charge in [-0.2, -0.15) is 0 Å². The molecule has 0 amide bonds. The molecule has 1 atom stereocenters. The molecule has 1 spiro atoms. The van der Waals surface area contributed by atoms with Gasteiger partial charge < -0.3 is 0 Å². The molecule has 51 heavy (non-hydrogen) atoms. The van der Waals surface area contributed by atoms with Gasteiger partial charge in [-0.25, -0.2) is 9.97 Å². The number of rotatable bonds is 6. The van der Waals surface area contributed by atoms with Gasteiger partial charge in [-0.15, -0.1) is 0 Å². The van der Waals surface area contributed by atoms with Gasteiger partial charge >= 0.3 is 0 Å². The summed E-state index contributed by atoms with van der Waals surface area (Å²) >= 11 is 1.83. The van der Waals surface area contributed by atoms with E-state index in [1.807, 2.05) is 30.0 Å². The van der Waals surface area contributed by atoms with Crippen molar-refractivity contribution in [1.29, 1.82) is 0 Å². The number of nitrogens with zero attached hydrogens (tertiary/aromatic N) is 2. The van der Waals surface area contributed by atoms with Crippen molar-refractivity contribution in [3.8, 4) is 56.2 Å². The molecular formula is C48H34N2S. The largest absolute Gasteiger partial charge is 0.228 e. The summed E-state index contributed by atoms with van der Waals surface area (Å²) in [6.07, 6.45) is 6.10. The summed E-state index contributed by atoms with van der Waals surface area (Å²) in [7, 11) is 0. The van der Waals surface area contributed by atoms with Crippen LogP contribution in [0.5, 0.6) is 0 Å². The van der Waals surface area contributed by atoms with Crippen LogP contribution in [0.1, 0.15) is 23.6 Å². The first kappa shape index (κ1) is 31.0. The van der Waals surface area contributed by atoms with E-state index in [0.29, 0.717) is 5.82 Å². The van der Waals surface area contributed by atoms with Crippen LogP contribution in [0.25, 0.3) is 56.2 Å². The van der Waals surface area contributed by atoms with Crippen molar-refractivity contribution in [2.75, 3.05) is 0 Å². The van der Waals surface area contributed by atoms with Crippen molar-refractivity contribution in [2.24, 2.45) is 0 Å². The van der Waals surface area contributed by atoms with E-state index in [-0.39, 0.29) is 0 Å². The highest BCUT2D eigenvalue weighted by molar-refractivity contribution is 8.03. The van der Waals surface area contributed by atoms with Crippen LogP contribution in [-0.4, -0.2) is 9.97 Å². The molecule has 242 valence electrons. The minimum Gasteiger partial charge on any atom is -0.228 e. The van der Waals surface area contributed by atoms with Gasteiger partial charge in [-0.3, -0.25) is 0 Å². The highest BCUT2D eigenvalue weighted by atomic mass is 32.2. The molecule has 1 aromatic heterocycles. The SMILES string of the molecule is C=C/C=C\C1=C(C)C2(c3ccccc3S1)c1ccccc1-c1c(-c3nc(-c4ccccc4)cc(-c4ccc(-c5ccccc5)cc4)n3)cccc12. The van der Waals surface area contributed by atoms with E-state index in [4.69, 9.17) is 9.97 Å². The zero-order chi connectivity index (χ0) is 34.4. The van der Waals surface area contributed by atoms with E-state index in [0.717, 1.165) is 28.1 Å². The van der Waals surface area contributed by atoms with Crippen LogP contribution in [0.3, 0.4) is 0 Å². The van der Waals surface area contributed by atoms with E-state index in [1.54, 1.807) is 0 Å². The van der Waals surface area contributed by atoms with E-state index >= 15 is 0 Å². The van der Waals surface area contributed by atoms with Gasteiger partial charge in [-0.1, -0.05) is 176 Å². The first-order valence-electron chi connectivity index (χ1n) is 17.3. The monoisotopic (exact) mass is 670 g/mol. The molecule has 1 unspecified atom stereocenters. The molecule has 7 aromatic rings. The molecule has 0 radical (unpaired) electrons. The second-order valence-electron chi connectivity index (χ2n) is 13.0. The molecule has 9 rings (SSSR count). The molecule has 1 aliphatic heterocycles. The minimum atomic E-state index is -0.461. The number of allylic oxidation sites excluding steroid dienone is 4. The van der Waals surface area contributed by atoms with E-state index in [9.17, 15) is 0 Å². The Morgan fingerprint density at radius 2 is 1.10 bits per heavy atom. The summed E-state index contributed by atoms with van der Waals surface area (Å²) in [5.74, 6) is 0.717. The van der Waals surface area contributed by atoms with Gasteiger partial charge in [-0.05, 0) is 69.6 Å². The molecule has 2 aliphatic rings. The maximum Gasteiger partial charge on any atom is 0.161 e. The number of thioether (sulfide) groups is 1. The van der Waals surface area contributed by atoms with Crippen molar-refractivity contribution >= 4 is 11.8 Å². The van der Waals surface area contributed by atoms with E-state index < -0.39 is 5.41 Å². The lowest BCUT2D eigenvalue weighted by molar-refractivity contribution is 0.722. The topological polar surface area (TPSA) is 25.8 Å². The second kappa shape index (κ2) is 12.7. The third-order valence-electron chi connectivity index (χ3n) is 10.2. The maximum atomic E-state index is 5.36. The number of hydrogen-bond acceptors (Lipinski definition) is 3. The Labute approximate surface area is 303 Å². The van der Waals surface area contributed by atoms with Gasteiger partial charge in [0.2, 0.25) is 0 Å². The maximum absolute atomic E-state index is 5.36. The van der Waals surface area contributed by atoms with Gasteiger partial charge in [0.15, 0.2) is 5.82 Å². The van der Waals surface area contributed by atoms with Crippen molar-refractivity contribution < 1.29 is 0 Å². The molecule has 0 saturated carbocycles. The number of hydrogen-bond donors (Lipinski definition) is 0. The van der Waals surface area contributed by atoms with Crippen molar-refractivity contribution in [2.45, 2.75) is 17.2 Å². The summed E-state index contributed by atoms with van der Waals surface area (Å²) in [5, 5.41) is 0. The Kier molecular flexibility index (Phi) is 7.71. The normalized spacial score (nSPS) is 15.9. The van der Waals surface area contributed by atoms with E-state index in [1.165, 1.54) is 54.3 Å². The molecule has 1 aliphatic carbocycles. The molecule has 2 heterocycles. The molecule has 0 fully saturated rings. The zero-order valence-electron chi connectivity index (χ0n) is 28.3. The lowest BCUT2D eigenvalue weighted by Crippen LogP contribution is -2.31. The quantitative estimate of drug-likeness (QED) is 0.165. The van der Waals surface area contributed by atoms with Crippen LogP contribution >= 0.6 is 11.8 Å². The molecule has 0 bridgehead atoms. The number of benzene rings is 6. The van der Waals surface area contributed by atoms with Gasteiger partial charge in [0.05, 0.1) is 16.8 Å². The Morgan fingerprint density at radius 3 is 1.82 bits per heavy atom. The average Bonchev–Trinajstić information content (AvgIpc) is 3.50. The summed E-state index contributed by atoms with van der Waals surface area (Å²) in [5.41, 5.74) is 14.4. The lowest BCUT2D eigenvalue weighted by atomic mass is 9.67. The van der Waals surface area contributed by atoms with Gasteiger partial charge in [0, 0.05) is 26.5 Å². The third-order valence-corrected chi connectivity index (χ3v) is 11.5. The predicted octanol–water partition coefficient (Wildman–Crippen LogP) is 12.6. The summed E-state index contributed by atoms with van der Waals surface area (Å²) < 4.78 is 0. The highest BCUT2D eigenvalue weighted by Gasteiger charge is 2.50.